The van der Waals surface area contributed by atoms with Crippen LogP contribution in [0.15, 0.2) is 72.4 Å². The van der Waals surface area contributed by atoms with Crippen LogP contribution in [0.1, 0.15) is 80.4 Å². The van der Waals surface area contributed by atoms with Crippen LogP contribution >= 0.6 is 0 Å². The molecule has 192 valence electrons. The second kappa shape index (κ2) is 11.0. The van der Waals surface area contributed by atoms with Gasteiger partial charge in [-0.15, -0.1) is 0 Å². The summed E-state index contributed by atoms with van der Waals surface area (Å²) in [5.74, 6) is -0.325. The Kier molecular flexibility index (Phi) is 7.77. The van der Waals surface area contributed by atoms with Crippen molar-refractivity contribution in [3.63, 3.8) is 0 Å². The highest BCUT2D eigenvalue weighted by Crippen LogP contribution is 2.41. The van der Waals surface area contributed by atoms with Gasteiger partial charge in [-0.05, 0) is 65.8 Å². The zero-order chi connectivity index (χ0) is 26.7. The number of likely N-dealkylation sites (tertiary alicyclic amines) is 1. The molecule has 1 amide bonds. The van der Waals surface area contributed by atoms with Gasteiger partial charge in [-0.3, -0.25) is 14.6 Å². The first-order valence-electron chi connectivity index (χ1n) is 12.8. The summed E-state index contributed by atoms with van der Waals surface area (Å²) in [6, 6.07) is 18.0. The second-order valence-corrected chi connectivity index (χ2v) is 9.91. The van der Waals surface area contributed by atoms with Gasteiger partial charge in [0.25, 0.3) is 11.7 Å². The van der Waals surface area contributed by atoms with Gasteiger partial charge in [-0.2, -0.15) is 0 Å². The van der Waals surface area contributed by atoms with E-state index in [2.05, 4.69) is 18.8 Å². The molecule has 0 radical (unpaired) electrons. The first-order chi connectivity index (χ1) is 17.7. The molecular formula is C31H34N2O4. The van der Waals surface area contributed by atoms with Gasteiger partial charge in [0.1, 0.15) is 11.5 Å². The van der Waals surface area contributed by atoms with Gasteiger partial charge in [-0.1, -0.05) is 58.0 Å². The topological polar surface area (TPSA) is 79.7 Å². The maximum Gasteiger partial charge on any atom is 0.296 e. The summed E-state index contributed by atoms with van der Waals surface area (Å²) in [4.78, 5) is 32.6. The predicted molar refractivity (Wildman–Crippen MR) is 144 cm³/mol. The number of aromatic nitrogens is 1. The average Bonchev–Trinajstić information content (AvgIpc) is 3.14. The van der Waals surface area contributed by atoms with Crippen LogP contribution in [0.25, 0.3) is 5.76 Å². The van der Waals surface area contributed by atoms with Crippen molar-refractivity contribution >= 4 is 17.4 Å². The van der Waals surface area contributed by atoms with Gasteiger partial charge in [0.05, 0.1) is 30.5 Å². The lowest BCUT2D eigenvalue weighted by Crippen LogP contribution is -2.29. The number of rotatable bonds is 8. The lowest BCUT2D eigenvalue weighted by atomic mass is 9.92. The zero-order valence-electron chi connectivity index (χ0n) is 22.1. The normalized spacial score (nSPS) is 17.2. The standard InChI is InChI=1S/C31H34N2O4/c1-6-37-26-15-14-23(17-25(26)20(4)5)29(34)27-28(22-12-10-21(11-13-22)19(2)3)33(31(36)30(27)35)18-24-9-7-8-16-32-24/h7-17,19-20,28,34H,6,18H2,1-5H3/b29-27-. The maximum absolute atomic E-state index is 13.4. The smallest absolute Gasteiger partial charge is 0.296 e. The molecule has 1 atom stereocenters. The van der Waals surface area contributed by atoms with E-state index >= 15 is 0 Å². The number of hydrogen-bond acceptors (Lipinski definition) is 5. The number of amides is 1. The van der Waals surface area contributed by atoms with Gasteiger partial charge < -0.3 is 14.7 Å². The number of aliphatic hydroxyl groups excluding tert-OH is 1. The third kappa shape index (κ3) is 5.29. The third-order valence-electron chi connectivity index (χ3n) is 6.72. The van der Waals surface area contributed by atoms with E-state index in [-0.39, 0.29) is 23.8 Å². The van der Waals surface area contributed by atoms with Gasteiger partial charge in [0.15, 0.2) is 0 Å². The Morgan fingerprint density at radius 3 is 2.32 bits per heavy atom. The highest BCUT2D eigenvalue weighted by atomic mass is 16.5. The SMILES string of the molecule is CCOc1ccc(/C(O)=C2/C(=O)C(=O)N(Cc3ccccn3)C2c2ccc(C(C)C)cc2)cc1C(C)C. The van der Waals surface area contributed by atoms with Crippen LogP contribution in [0.3, 0.4) is 0 Å². The number of ether oxygens (including phenoxy) is 1. The van der Waals surface area contributed by atoms with E-state index < -0.39 is 17.7 Å². The number of nitrogens with zero attached hydrogens (tertiary/aromatic N) is 2. The van der Waals surface area contributed by atoms with E-state index in [1.807, 2.05) is 69.3 Å². The number of pyridine rings is 1. The van der Waals surface area contributed by atoms with Crippen molar-refractivity contribution in [2.45, 2.75) is 59.0 Å². The van der Waals surface area contributed by atoms with Crippen LogP contribution in [0.4, 0.5) is 0 Å². The van der Waals surface area contributed by atoms with Gasteiger partial charge in [0.2, 0.25) is 0 Å². The molecule has 1 N–H and O–H groups in total. The molecule has 2 heterocycles. The molecule has 1 aliphatic rings. The van der Waals surface area contributed by atoms with Crippen molar-refractivity contribution in [1.82, 2.24) is 9.88 Å². The average molecular weight is 499 g/mol. The molecule has 37 heavy (non-hydrogen) atoms. The van der Waals surface area contributed by atoms with Crippen LogP contribution in [-0.2, 0) is 16.1 Å². The summed E-state index contributed by atoms with van der Waals surface area (Å²) < 4.78 is 5.77. The number of carbonyl (C=O) groups is 2. The Morgan fingerprint density at radius 2 is 1.73 bits per heavy atom. The van der Waals surface area contributed by atoms with E-state index in [1.165, 1.54) is 4.90 Å². The summed E-state index contributed by atoms with van der Waals surface area (Å²) in [6.45, 7) is 10.9. The number of Topliss-reactive ketones (excluding diaryl/α,β-unsaturated/α-hetero) is 1. The molecule has 1 aliphatic heterocycles. The van der Waals surface area contributed by atoms with Crippen molar-refractivity contribution in [2.75, 3.05) is 6.61 Å². The predicted octanol–water partition coefficient (Wildman–Crippen LogP) is 6.35. The molecule has 1 aromatic heterocycles. The van der Waals surface area contributed by atoms with Crippen molar-refractivity contribution in [2.24, 2.45) is 0 Å². The highest BCUT2D eigenvalue weighted by Gasteiger charge is 2.46. The Hall–Kier alpha value is -3.93. The van der Waals surface area contributed by atoms with Gasteiger partial charge in [-0.25, -0.2) is 0 Å². The largest absolute Gasteiger partial charge is 0.507 e. The van der Waals surface area contributed by atoms with E-state index in [0.717, 1.165) is 22.4 Å². The van der Waals surface area contributed by atoms with Gasteiger partial charge in [0, 0.05) is 11.8 Å². The van der Waals surface area contributed by atoms with Crippen molar-refractivity contribution in [3.05, 3.63) is 100 Å². The quantitative estimate of drug-likeness (QED) is 0.222. The Morgan fingerprint density at radius 1 is 1.00 bits per heavy atom. The number of aliphatic hydroxyl groups is 1. The van der Waals surface area contributed by atoms with Gasteiger partial charge >= 0.3 is 0 Å². The molecule has 0 spiro atoms. The summed E-state index contributed by atoms with van der Waals surface area (Å²) in [5, 5.41) is 11.5. The molecule has 0 bridgehead atoms. The third-order valence-corrected chi connectivity index (χ3v) is 6.72. The molecule has 4 rings (SSSR count). The molecule has 0 aliphatic carbocycles. The Labute approximate surface area is 218 Å². The minimum absolute atomic E-state index is 0.0806. The van der Waals surface area contributed by atoms with Crippen LogP contribution < -0.4 is 4.74 Å². The molecular weight excluding hydrogens is 464 g/mol. The number of ketones is 1. The zero-order valence-corrected chi connectivity index (χ0v) is 22.1. The van der Waals surface area contributed by atoms with Crippen LogP contribution in [-0.4, -0.2) is 33.3 Å². The molecule has 1 unspecified atom stereocenters. The molecule has 0 saturated carbocycles. The Balaban J connectivity index is 1.86. The molecule has 2 aromatic carbocycles. The number of hydrogen-bond donors (Lipinski definition) is 1. The second-order valence-electron chi connectivity index (χ2n) is 9.91. The monoisotopic (exact) mass is 498 g/mol. The lowest BCUT2D eigenvalue weighted by molar-refractivity contribution is -0.140. The van der Waals surface area contributed by atoms with E-state index in [9.17, 15) is 14.7 Å². The molecule has 6 heteroatoms. The maximum atomic E-state index is 13.4. The van der Waals surface area contributed by atoms with E-state index in [1.54, 1.807) is 18.3 Å². The number of carbonyl (C=O) groups excluding carboxylic acids is 2. The first-order valence-corrected chi connectivity index (χ1v) is 12.8. The fraction of sp³-hybridized carbons (Fsp3) is 0.323. The molecule has 1 saturated heterocycles. The first kappa shape index (κ1) is 26.1. The Bertz CT molecular complexity index is 1310. The van der Waals surface area contributed by atoms with E-state index in [0.29, 0.717) is 23.8 Å². The summed E-state index contributed by atoms with van der Waals surface area (Å²) in [7, 11) is 0. The van der Waals surface area contributed by atoms with E-state index in [4.69, 9.17) is 4.74 Å². The van der Waals surface area contributed by atoms with Crippen molar-refractivity contribution in [1.29, 1.82) is 0 Å². The molecule has 6 nitrogen and oxygen atoms in total. The molecule has 1 fully saturated rings. The van der Waals surface area contributed by atoms with Crippen LogP contribution in [0.5, 0.6) is 5.75 Å². The fourth-order valence-corrected chi connectivity index (χ4v) is 4.71. The lowest BCUT2D eigenvalue weighted by Gasteiger charge is -2.25. The van der Waals surface area contributed by atoms with Crippen LogP contribution in [0, 0.1) is 0 Å². The highest BCUT2D eigenvalue weighted by molar-refractivity contribution is 6.46. The minimum Gasteiger partial charge on any atom is -0.507 e. The number of benzene rings is 2. The van der Waals surface area contributed by atoms with Crippen molar-refractivity contribution < 1.29 is 19.4 Å². The van der Waals surface area contributed by atoms with Crippen molar-refractivity contribution in [3.8, 4) is 5.75 Å². The molecule has 3 aromatic rings. The fourth-order valence-electron chi connectivity index (χ4n) is 4.71. The summed E-state index contributed by atoms with van der Waals surface area (Å²) in [6.07, 6.45) is 1.66. The summed E-state index contributed by atoms with van der Waals surface area (Å²) >= 11 is 0. The minimum atomic E-state index is -0.739. The summed E-state index contributed by atoms with van der Waals surface area (Å²) in [5.41, 5.74) is 4.06. The van der Waals surface area contributed by atoms with Crippen LogP contribution in [0.2, 0.25) is 0 Å².